The summed E-state index contributed by atoms with van der Waals surface area (Å²) < 4.78 is 10.3. The number of halogens is 2. The summed E-state index contributed by atoms with van der Waals surface area (Å²) >= 11 is 12.1. The van der Waals surface area contributed by atoms with Crippen LogP contribution in [0.2, 0.25) is 10.0 Å². The lowest BCUT2D eigenvalue weighted by Gasteiger charge is -2.10. The lowest BCUT2D eigenvalue weighted by atomic mass is 10.2. The van der Waals surface area contributed by atoms with Gasteiger partial charge in [-0.05, 0) is 30.3 Å². The van der Waals surface area contributed by atoms with Crippen molar-refractivity contribution in [1.29, 1.82) is 0 Å². The molecule has 0 atom stereocenters. The van der Waals surface area contributed by atoms with Crippen LogP contribution < -0.4 is 14.8 Å². The van der Waals surface area contributed by atoms with Crippen molar-refractivity contribution in [3.8, 4) is 11.5 Å². The molecule has 1 amide bonds. The molecule has 4 nitrogen and oxygen atoms in total. The highest BCUT2D eigenvalue weighted by molar-refractivity contribution is 6.37. The fraction of sp³-hybridized carbons (Fsp3) is 0.118. The Morgan fingerprint density at radius 1 is 1.09 bits per heavy atom. The number of methoxy groups -OCH3 is 2. The molecule has 0 unspecified atom stereocenters. The van der Waals surface area contributed by atoms with Gasteiger partial charge in [0.15, 0.2) is 0 Å². The van der Waals surface area contributed by atoms with E-state index in [4.69, 9.17) is 32.7 Å². The lowest BCUT2D eigenvalue weighted by molar-refractivity contribution is -0.111. The summed E-state index contributed by atoms with van der Waals surface area (Å²) in [5.74, 6) is 0.801. The van der Waals surface area contributed by atoms with Gasteiger partial charge >= 0.3 is 0 Å². The van der Waals surface area contributed by atoms with Gasteiger partial charge in [0.25, 0.3) is 0 Å². The predicted molar refractivity (Wildman–Crippen MR) is 93.7 cm³/mol. The molecular formula is C17H15Cl2NO3. The van der Waals surface area contributed by atoms with Crippen molar-refractivity contribution in [1.82, 2.24) is 0 Å². The predicted octanol–water partition coefficient (Wildman–Crippen LogP) is 4.66. The molecule has 2 aromatic rings. The molecule has 1 N–H and O–H groups in total. The Morgan fingerprint density at radius 2 is 1.78 bits per heavy atom. The maximum absolute atomic E-state index is 12.1. The average Bonchev–Trinajstić information content (AvgIpc) is 2.54. The Labute approximate surface area is 144 Å². The molecule has 0 aromatic heterocycles. The summed E-state index contributed by atoms with van der Waals surface area (Å²) in [5.41, 5.74) is 1.09. The minimum atomic E-state index is -0.340. The molecule has 0 bridgehead atoms. The number of nitrogens with one attached hydrogen (secondary N) is 1. The zero-order valence-electron chi connectivity index (χ0n) is 12.6. The van der Waals surface area contributed by atoms with Gasteiger partial charge in [-0.1, -0.05) is 29.3 Å². The Bertz CT molecular complexity index is 724. The molecule has 0 saturated carbocycles. The summed E-state index contributed by atoms with van der Waals surface area (Å²) in [6.45, 7) is 0. The SMILES string of the molecule is COc1ccc(OC)c(NC(=O)/C=C/c2c(Cl)cccc2Cl)c1. The molecule has 0 spiro atoms. The van der Waals surface area contributed by atoms with Crippen LogP contribution in [0.3, 0.4) is 0 Å². The Balaban J connectivity index is 2.18. The zero-order valence-corrected chi connectivity index (χ0v) is 14.1. The number of hydrogen-bond donors (Lipinski definition) is 1. The molecule has 23 heavy (non-hydrogen) atoms. The summed E-state index contributed by atoms with van der Waals surface area (Å²) in [4.78, 5) is 12.1. The second-order valence-electron chi connectivity index (χ2n) is 4.52. The number of ether oxygens (including phenoxy) is 2. The Morgan fingerprint density at radius 3 is 2.39 bits per heavy atom. The van der Waals surface area contributed by atoms with Crippen LogP contribution in [0.25, 0.3) is 6.08 Å². The van der Waals surface area contributed by atoms with Gasteiger partial charge in [0.1, 0.15) is 11.5 Å². The fourth-order valence-electron chi connectivity index (χ4n) is 1.92. The topological polar surface area (TPSA) is 47.6 Å². The van der Waals surface area contributed by atoms with Gasteiger partial charge in [0, 0.05) is 27.8 Å². The third-order valence-corrected chi connectivity index (χ3v) is 3.72. The molecule has 0 aliphatic rings. The van der Waals surface area contributed by atoms with Crippen molar-refractivity contribution in [3.05, 3.63) is 58.1 Å². The van der Waals surface area contributed by atoms with Crippen LogP contribution >= 0.6 is 23.2 Å². The molecule has 0 radical (unpaired) electrons. The van der Waals surface area contributed by atoms with E-state index >= 15 is 0 Å². The zero-order chi connectivity index (χ0) is 16.8. The first-order valence-corrected chi connectivity index (χ1v) is 7.46. The molecule has 0 saturated heterocycles. The normalized spacial score (nSPS) is 10.6. The molecule has 0 aliphatic heterocycles. The van der Waals surface area contributed by atoms with Crippen LogP contribution in [-0.4, -0.2) is 20.1 Å². The second kappa shape index (κ2) is 7.90. The van der Waals surface area contributed by atoms with E-state index in [-0.39, 0.29) is 5.91 Å². The van der Waals surface area contributed by atoms with Crippen LogP contribution in [0.15, 0.2) is 42.5 Å². The van der Waals surface area contributed by atoms with Gasteiger partial charge in [-0.3, -0.25) is 4.79 Å². The smallest absolute Gasteiger partial charge is 0.248 e. The van der Waals surface area contributed by atoms with Crippen molar-refractivity contribution < 1.29 is 14.3 Å². The van der Waals surface area contributed by atoms with Crippen molar-refractivity contribution in [2.24, 2.45) is 0 Å². The van der Waals surface area contributed by atoms with Crippen LogP contribution in [0, 0.1) is 0 Å². The fourth-order valence-corrected chi connectivity index (χ4v) is 2.44. The summed E-state index contributed by atoms with van der Waals surface area (Å²) in [6.07, 6.45) is 2.92. The van der Waals surface area contributed by atoms with E-state index in [0.717, 1.165) is 0 Å². The quantitative estimate of drug-likeness (QED) is 0.796. The van der Waals surface area contributed by atoms with Gasteiger partial charge in [-0.15, -0.1) is 0 Å². The molecule has 0 heterocycles. The molecule has 2 rings (SSSR count). The van der Waals surface area contributed by atoms with E-state index < -0.39 is 0 Å². The van der Waals surface area contributed by atoms with Crippen molar-refractivity contribution in [2.45, 2.75) is 0 Å². The van der Waals surface area contributed by atoms with Crippen molar-refractivity contribution in [2.75, 3.05) is 19.5 Å². The average molecular weight is 352 g/mol. The number of hydrogen-bond acceptors (Lipinski definition) is 3. The number of carbonyl (C=O) groups excluding carboxylic acids is 1. The number of carbonyl (C=O) groups is 1. The molecule has 0 aliphatic carbocycles. The van der Waals surface area contributed by atoms with Crippen molar-refractivity contribution in [3.63, 3.8) is 0 Å². The van der Waals surface area contributed by atoms with Gasteiger partial charge < -0.3 is 14.8 Å². The van der Waals surface area contributed by atoms with Crippen molar-refractivity contribution >= 4 is 40.9 Å². The minimum absolute atomic E-state index is 0.340. The third-order valence-electron chi connectivity index (χ3n) is 3.07. The van der Waals surface area contributed by atoms with Crippen LogP contribution in [0.1, 0.15) is 5.56 Å². The summed E-state index contributed by atoms with van der Waals surface area (Å²) in [6, 6.07) is 10.3. The lowest BCUT2D eigenvalue weighted by Crippen LogP contribution is -2.09. The van der Waals surface area contributed by atoms with E-state index in [2.05, 4.69) is 5.32 Å². The first-order valence-electron chi connectivity index (χ1n) is 6.70. The van der Waals surface area contributed by atoms with Gasteiger partial charge in [0.05, 0.1) is 19.9 Å². The van der Waals surface area contributed by atoms with E-state index in [9.17, 15) is 4.79 Å². The van der Waals surface area contributed by atoms with E-state index in [0.29, 0.717) is 32.8 Å². The maximum atomic E-state index is 12.1. The number of anilines is 1. The van der Waals surface area contributed by atoms with Gasteiger partial charge in [-0.2, -0.15) is 0 Å². The Kier molecular flexibility index (Phi) is 5.90. The van der Waals surface area contributed by atoms with Crippen LogP contribution in [-0.2, 0) is 4.79 Å². The van der Waals surface area contributed by atoms with Crippen LogP contribution in [0.4, 0.5) is 5.69 Å². The standard InChI is InChI=1S/C17H15Cl2NO3/c1-22-11-6-8-16(23-2)15(10-11)20-17(21)9-7-12-13(18)4-3-5-14(12)19/h3-10H,1-2H3,(H,20,21)/b9-7+. The highest BCUT2D eigenvalue weighted by Crippen LogP contribution is 2.29. The van der Waals surface area contributed by atoms with Gasteiger partial charge in [-0.25, -0.2) is 0 Å². The number of amides is 1. The summed E-state index contributed by atoms with van der Waals surface area (Å²) in [7, 11) is 3.07. The molecule has 6 heteroatoms. The third kappa shape index (κ3) is 4.41. The van der Waals surface area contributed by atoms with Gasteiger partial charge in [0.2, 0.25) is 5.91 Å². The highest BCUT2D eigenvalue weighted by Gasteiger charge is 2.08. The van der Waals surface area contributed by atoms with E-state index in [1.165, 1.54) is 13.2 Å². The summed E-state index contributed by atoms with van der Waals surface area (Å²) in [5, 5.41) is 3.67. The largest absolute Gasteiger partial charge is 0.497 e. The molecular weight excluding hydrogens is 337 g/mol. The van der Waals surface area contributed by atoms with E-state index in [1.807, 2.05) is 0 Å². The van der Waals surface area contributed by atoms with Crippen LogP contribution in [0.5, 0.6) is 11.5 Å². The molecule has 0 fully saturated rings. The Hall–Kier alpha value is -2.17. The monoisotopic (exact) mass is 351 g/mol. The molecule has 2 aromatic carbocycles. The first kappa shape index (κ1) is 17.2. The number of benzene rings is 2. The first-order chi connectivity index (χ1) is 11.0. The minimum Gasteiger partial charge on any atom is -0.497 e. The maximum Gasteiger partial charge on any atom is 0.248 e. The number of rotatable bonds is 5. The van der Waals surface area contributed by atoms with E-state index in [1.54, 1.807) is 49.6 Å². The second-order valence-corrected chi connectivity index (χ2v) is 5.34. The molecule has 120 valence electrons. The highest BCUT2D eigenvalue weighted by atomic mass is 35.5.